The second-order valence-corrected chi connectivity index (χ2v) is 11.3. The molecule has 1 amide bonds. The molecule has 7 nitrogen and oxygen atoms in total. The lowest BCUT2D eigenvalue weighted by molar-refractivity contribution is -0.0662. The first kappa shape index (κ1) is 25.9. The fourth-order valence-corrected chi connectivity index (χ4v) is 5.29. The second-order valence-electron chi connectivity index (χ2n) is 9.43. The van der Waals surface area contributed by atoms with Crippen LogP contribution in [0, 0.1) is 6.92 Å². The topological polar surface area (TPSA) is 88.6 Å². The second kappa shape index (κ2) is 10.8. The van der Waals surface area contributed by atoms with E-state index in [2.05, 4.69) is 40.0 Å². The molecule has 1 aromatic heterocycles. The molecule has 0 bridgehead atoms. The van der Waals surface area contributed by atoms with Crippen LogP contribution in [0.3, 0.4) is 0 Å². The number of hydrogen-bond donors (Lipinski definition) is 1. The molecule has 36 heavy (non-hydrogen) atoms. The first-order chi connectivity index (χ1) is 17.2. The van der Waals surface area contributed by atoms with Crippen molar-refractivity contribution in [1.29, 1.82) is 0 Å². The van der Waals surface area contributed by atoms with E-state index in [0.29, 0.717) is 32.4 Å². The van der Waals surface area contributed by atoms with Gasteiger partial charge in [-0.25, -0.2) is 17.9 Å². The maximum atomic E-state index is 13.3. The van der Waals surface area contributed by atoms with Gasteiger partial charge in [-0.1, -0.05) is 54.6 Å². The molecule has 1 N–H and O–H groups in total. The Labute approximate surface area is 213 Å². The number of amides is 1. The van der Waals surface area contributed by atoms with E-state index in [4.69, 9.17) is 4.74 Å². The fourth-order valence-electron chi connectivity index (χ4n) is 4.78. The molecule has 2 aromatic carbocycles. The molecule has 2 atom stereocenters. The van der Waals surface area contributed by atoms with Crippen LogP contribution in [0.4, 0.5) is 4.79 Å². The van der Waals surface area contributed by atoms with Gasteiger partial charge in [0.25, 0.3) is 0 Å². The number of sulfonamides is 1. The third-order valence-corrected chi connectivity index (χ3v) is 7.51. The van der Waals surface area contributed by atoms with E-state index in [9.17, 15) is 13.2 Å². The summed E-state index contributed by atoms with van der Waals surface area (Å²) < 4.78 is 31.6. The number of hydrogen-bond acceptors (Lipinski definition) is 5. The van der Waals surface area contributed by atoms with Gasteiger partial charge < -0.3 is 9.64 Å². The standard InChI is InChI=1S/C28H33N3O4S/c1-21-20-25(14-18-29-21)24-12-10-23(11-13-24)22(2)31-19-16-28(35-27(31)32,26-8-5-4-6-9-26)15-7-17-30-36(3,33)34/h4-6,8-14,18,20,22,30H,7,15-17,19H2,1-3H3/t22-,28-/m0/s1. The minimum absolute atomic E-state index is 0.147. The van der Waals surface area contributed by atoms with E-state index in [1.165, 1.54) is 0 Å². The maximum Gasteiger partial charge on any atom is 0.411 e. The monoisotopic (exact) mass is 507 g/mol. The SMILES string of the molecule is Cc1cc(-c2ccc([C@H](C)N3CC[C@@](CCCNS(C)(=O)=O)(c4ccccc4)OC3=O)cc2)ccn1. The average Bonchev–Trinajstić information content (AvgIpc) is 2.86. The molecule has 4 rings (SSSR count). The zero-order chi connectivity index (χ0) is 25.8. The molecule has 8 heteroatoms. The number of cyclic esters (lactones) is 1. The predicted molar refractivity (Wildman–Crippen MR) is 141 cm³/mol. The predicted octanol–water partition coefficient (Wildman–Crippen LogP) is 5.19. The molecular weight excluding hydrogens is 474 g/mol. The van der Waals surface area contributed by atoms with Crippen LogP contribution in [0.25, 0.3) is 11.1 Å². The smallest absolute Gasteiger partial charge is 0.411 e. The number of carbonyl (C=O) groups excluding carboxylic acids is 1. The number of pyridine rings is 1. The number of ether oxygens (including phenoxy) is 1. The van der Waals surface area contributed by atoms with Gasteiger partial charge in [-0.2, -0.15) is 0 Å². The molecular formula is C28H33N3O4S. The number of benzene rings is 2. The number of nitrogens with one attached hydrogen (secondary N) is 1. The van der Waals surface area contributed by atoms with Crippen molar-refractivity contribution < 1.29 is 17.9 Å². The van der Waals surface area contributed by atoms with Crippen molar-refractivity contribution in [3.05, 3.63) is 89.7 Å². The van der Waals surface area contributed by atoms with E-state index in [1.54, 1.807) is 11.1 Å². The van der Waals surface area contributed by atoms with Crippen molar-refractivity contribution in [2.24, 2.45) is 0 Å². The largest absolute Gasteiger partial charge is 0.438 e. The lowest BCUT2D eigenvalue weighted by atomic mass is 9.84. The quantitative estimate of drug-likeness (QED) is 0.403. The van der Waals surface area contributed by atoms with Crippen molar-refractivity contribution in [3.8, 4) is 11.1 Å². The van der Waals surface area contributed by atoms with Crippen LogP contribution in [0.5, 0.6) is 0 Å². The molecule has 0 saturated carbocycles. The normalized spacial score (nSPS) is 19.1. The van der Waals surface area contributed by atoms with Gasteiger partial charge in [0.15, 0.2) is 0 Å². The van der Waals surface area contributed by atoms with E-state index in [1.807, 2.05) is 50.2 Å². The summed E-state index contributed by atoms with van der Waals surface area (Å²) in [6.45, 7) is 4.83. The van der Waals surface area contributed by atoms with Crippen LogP contribution < -0.4 is 4.72 Å². The Balaban J connectivity index is 1.48. The molecule has 1 saturated heterocycles. The van der Waals surface area contributed by atoms with Gasteiger partial charge in [0, 0.05) is 31.4 Å². The van der Waals surface area contributed by atoms with Gasteiger partial charge in [-0.3, -0.25) is 4.98 Å². The molecule has 0 unspecified atom stereocenters. The van der Waals surface area contributed by atoms with Gasteiger partial charge in [0.05, 0.1) is 12.3 Å². The first-order valence-corrected chi connectivity index (χ1v) is 14.1. The minimum Gasteiger partial charge on any atom is -0.438 e. The van der Waals surface area contributed by atoms with Crippen LogP contribution in [-0.2, 0) is 20.4 Å². The van der Waals surface area contributed by atoms with Crippen molar-refractivity contribution in [1.82, 2.24) is 14.6 Å². The van der Waals surface area contributed by atoms with Crippen molar-refractivity contribution in [3.63, 3.8) is 0 Å². The average molecular weight is 508 g/mol. The Hall–Kier alpha value is -3.23. The lowest BCUT2D eigenvalue weighted by Crippen LogP contribution is -2.49. The highest BCUT2D eigenvalue weighted by Crippen LogP contribution is 2.40. The summed E-state index contributed by atoms with van der Waals surface area (Å²) in [5.74, 6) is 0. The molecule has 0 aliphatic carbocycles. The molecule has 3 aromatic rings. The minimum atomic E-state index is -3.27. The number of aromatic nitrogens is 1. The summed E-state index contributed by atoms with van der Waals surface area (Å²) >= 11 is 0. The highest BCUT2D eigenvalue weighted by molar-refractivity contribution is 7.88. The summed E-state index contributed by atoms with van der Waals surface area (Å²) in [6, 6.07) is 21.9. The molecule has 1 aliphatic heterocycles. The zero-order valence-electron chi connectivity index (χ0n) is 21.0. The van der Waals surface area contributed by atoms with E-state index in [-0.39, 0.29) is 12.1 Å². The maximum absolute atomic E-state index is 13.3. The van der Waals surface area contributed by atoms with Crippen molar-refractivity contribution >= 4 is 16.1 Å². The van der Waals surface area contributed by atoms with E-state index < -0.39 is 15.6 Å². The van der Waals surface area contributed by atoms with Gasteiger partial charge in [0.2, 0.25) is 10.0 Å². The van der Waals surface area contributed by atoms with Gasteiger partial charge >= 0.3 is 6.09 Å². The summed E-state index contributed by atoms with van der Waals surface area (Å²) in [5, 5.41) is 0. The van der Waals surface area contributed by atoms with Gasteiger partial charge in [0.1, 0.15) is 5.60 Å². The van der Waals surface area contributed by atoms with Gasteiger partial charge in [-0.05, 0) is 61.1 Å². The molecule has 1 aliphatic rings. The Morgan fingerprint density at radius 1 is 1.08 bits per heavy atom. The third kappa shape index (κ3) is 6.12. The fraction of sp³-hybridized carbons (Fsp3) is 0.357. The van der Waals surface area contributed by atoms with Gasteiger partial charge in [-0.15, -0.1) is 0 Å². The number of nitrogens with zero attached hydrogens (tertiary/aromatic N) is 2. The Kier molecular flexibility index (Phi) is 7.76. The van der Waals surface area contributed by atoms with Crippen LogP contribution in [0.1, 0.15) is 49.0 Å². The molecule has 190 valence electrons. The Morgan fingerprint density at radius 2 is 1.81 bits per heavy atom. The number of aryl methyl sites for hydroxylation is 1. The molecule has 0 radical (unpaired) electrons. The van der Waals surface area contributed by atoms with Crippen LogP contribution in [0.2, 0.25) is 0 Å². The van der Waals surface area contributed by atoms with Crippen molar-refractivity contribution in [2.45, 2.75) is 44.8 Å². The van der Waals surface area contributed by atoms with Crippen LogP contribution in [-0.4, -0.2) is 43.7 Å². The number of rotatable bonds is 9. The Bertz CT molecular complexity index is 1300. The van der Waals surface area contributed by atoms with E-state index >= 15 is 0 Å². The van der Waals surface area contributed by atoms with Crippen LogP contribution in [0.15, 0.2) is 72.9 Å². The number of carbonyl (C=O) groups is 1. The summed E-state index contributed by atoms with van der Waals surface area (Å²) in [7, 11) is -3.27. The van der Waals surface area contributed by atoms with Crippen molar-refractivity contribution in [2.75, 3.05) is 19.3 Å². The first-order valence-electron chi connectivity index (χ1n) is 12.2. The third-order valence-electron chi connectivity index (χ3n) is 6.79. The summed E-state index contributed by atoms with van der Waals surface area (Å²) in [5.41, 5.74) is 4.36. The lowest BCUT2D eigenvalue weighted by Gasteiger charge is -2.43. The summed E-state index contributed by atoms with van der Waals surface area (Å²) in [4.78, 5) is 19.3. The van der Waals surface area contributed by atoms with E-state index in [0.717, 1.165) is 34.2 Å². The highest BCUT2D eigenvalue weighted by Gasteiger charge is 2.43. The zero-order valence-corrected chi connectivity index (χ0v) is 21.8. The van der Waals surface area contributed by atoms with Crippen LogP contribution >= 0.6 is 0 Å². The summed E-state index contributed by atoms with van der Waals surface area (Å²) in [6.07, 6.45) is 4.31. The highest BCUT2D eigenvalue weighted by atomic mass is 32.2. The molecule has 0 spiro atoms. The molecule has 2 heterocycles. The molecule has 1 fully saturated rings. The Morgan fingerprint density at radius 3 is 2.44 bits per heavy atom.